The maximum atomic E-state index is 12.7. The number of H-pyrrole nitrogens is 2. The Balaban J connectivity index is 1.86. The highest BCUT2D eigenvalue weighted by molar-refractivity contribution is 5.98. The van der Waals surface area contributed by atoms with Crippen LogP contribution in [0.15, 0.2) is 36.9 Å². The van der Waals surface area contributed by atoms with E-state index in [4.69, 9.17) is 4.74 Å². The van der Waals surface area contributed by atoms with Gasteiger partial charge in [0.25, 0.3) is 11.8 Å². The van der Waals surface area contributed by atoms with Crippen molar-refractivity contribution in [3.63, 3.8) is 0 Å². The molecular formula is C17H20N4O4. The van der Waals surface area contributed by atoms with Crippen molar-refractivity contribution >= 4 is 17.8 Å². The second-order valence-electron chi connectivity index (χ2n) is 6.00. The lowest BCUT2D eigenvalue weighted by atomic mass is 10.0. The molecule has 0 bridgehead atoms. The average molecular weight is 344 g/mol. The number of carbonyl (C=O) groups is 3. The molecule has 132 valence electrons. The largest absolute Gasteiger partial charge is 0.467 e. The van der Waals surface area contributed by atoms with Gasteiger partial charge in [0.1, 0.15) is 6.04 Å². The zero-order valence-corrected chi connectivity index (χ0v) is 14.1. The molecule has 0 unspecified atom stereocenters. The molecule has 1 aliphatic rings. The Morgan fingerprint density at radius 1 is 1.00 bits per heavy atom. The molecule has 0 radical (unpaired) electrons. The van der Waals surface area contributed by atoms with Gasteiger partial charge in [-0.3, -0.25) is 9.59 Å². The van der Waals surface area contributed by atoms with E-state index in [0.717, 1.165) is 0 Å². The number of hydrogen-bond acceptors (Lipinski definition) is 4. The third-order valence-corrected chi connectivity index (χ3v) is 4.42. The molecular weight excluding hydrogens is 324 g/mol. The minimum Gasteiger partial charge on any atom is -0.467 e. The van der Waals surface area contributed by atoms with Gasteiger partial charge >= 0.3 is 5.97 Å². The van der Waals surface area contributed by atoms with Crippen molar-refractivity contribution in [3.05, 3.63) is 48.0 Å². The second-order valence-corrected chi connectivity index (χ2v) is 6.00. The Kier molecular flexibility index (Phi) is 4.60. The highest BCUT2D eigenvalue weighted by Crippen LogP contribution is 2.21. The maximum Gasteiger partial charge on any atom is 0.330 e. The molecule has 1 aliphatic heterocycles. The average Bonchev–Trinajstić information content (AvgIpc) is 3.32. The summed E-state index contributed by atoms with van der Waals surface area (Å²) in [5, 5.41) is 0. The molecule has 1 saturated heterocycles. The zero-order chi connectivity index (χ0) is 18.0. The SMILES string of the molecule is COC(=O)[C@@H]1CN(C(=O)c2cc[nH]c2)[C@@H](C)CN1C(=O)c1cc[nH]c1. The van der Waals surface area contributed by atoms with Gasteiger partial charge in [-0.25, -0.2) is 4.79 Å². The van der Waals surface area contributed by atoms with Crippen molar-refractivity contribution in [3.8, 4) is 0 Å². The van der Waals surface area contributed by atoms with Crippen LogP contribution in [0.25, 0.3) is 0 Å². The van der Waals surface area contributed by atoms with E-state index in [-0.39, 0.29) is 30.9 Å². The summed E-state index contributed by atoms with van der Waals surface area (Å²) >= 11 is 0. The number of aromatic amines is 2. The summed E-state index contributed by atoms with van der Waals surface area (Å²) < 4.78 is 4.86. The van der Waals surface area contributed by atoms with Gasteiger partial charge in [-0.1, -0.05) is 0 Å². The van der Waals surface area contributed by atoms with E-state index >= 15 is 0 Å². The number of nitrogens with zero attached hydrogens (tertiary/aromatic N) is 2. The minimum absolute atomic E-state index is 0.0913. The number of hydrogen-bond donors (Lipinski definition) is 2. The number of aromatic nitrogens is 2. The monoisotopic (exact) mass is 344 g/mol. The lowest BCUT2D eigenvalue weighted by Crippen LogP contribution is -2.62. The van der Waals surface area contributed by atoms with E-state index in [0.29, 0.717) is 11.1 Å². The number of ether oxygens (including phenoxy) is 1. The fraction of sp³-hybridized carbons (Fsp3) is 0.353. The van der Waals surface area contributed by atoms with Gasteiger partial charge in [0.05, 0.1) is 24.8 Å². The highest BCUT2D eigenvalue weighted by Gasteiger charge is 2.41. The van der Waals surface area contributed by atoms with Crippen LogP contribution < -0.4 is 0 Å². The molecule has 2 aromatic rings. The van der Waals surface area contributed by atoms with Gasteiger partial charge in [-0.2, -0.15) is 0 Å². The van der Waals surface area contributed by atoms with Crippen LogP contribution >= 0.6 is 0 Å². The number of esters is 1. The van der Waals surface area contributed by atoms with Crippen molar-refractivity contribution in [1.29, 1.82) is 0 Å². The number of methoxy groups -OCH3 is 1. The number of rotatable bonds is 3. The van der Waals surface area contributed by atoms with Crippen LogP contribution in [-0.2, 0) is 9.53 Å². The fourth-order valence-electron chi connectivity index (χ4n) is 3.07. The summed E-state index contributed by atoms with van der Waals surface area (Å²) in [6.45, 7) is 2.20. The summed E-state index contributed by atoms with van der Waals surface area (Å²) in [5.74, 6) is -0.990. The van der Waals surface area contributed by atoms with Gasteiger partial charge in [0.15, 0.2) is 0 Å². The van der Waals surface area contributed by atoms with E-state index in [2.05, 4.69) is 9.97 Å². The van der Waals surface area contributed by atoms with E-state index in [1.807, 2.05) is 6.92 Å². The van der Waals surface area contributed by atoms with Gasteiger partial charge < -0.3 is 24.5 Å². The molecule has 0 aromatic carbocycles. The number of nitrogens with one attached hydrogen (secondary N) is 2. The van der Waals surface area contributed by atoms with Gasteiger partial charge in [0.2, 0.25) is 0 Å². The normalized spacial score (nSPS) is 20.4. The fourth-order valence-corrected chi connectivity index (χ4v) is 3.07. The van der Waals surface area contributed by atoms with Crippen LogP contribution in [0, 0.1) is 0 Å². The van der Waals surface area contributed by atoms with Gasteiger partial charge in [-0.05, 0) is 19.1 Å². The molecule has 0 spiro atoms. The molecule has 2 N–H and O–H groups in total. The number of amides is 2. The topological polar surface area (TPSA) is 98.5 Å². The molecule has 3 rings (SSSR count). The number of carbonyl (C=O) groups excluding carboxylic acids is 3. The quantitative estimate of drug-likeness (QED) is 0.807. The summed E-state index contributed by atoms with van der Waals surface area (Å²) in [7, 11) is 1.28. The Morgan fingerprint density at radius 3 is 2.04 bits per heavy atom. The first-order valence-electron chi connectivity index (χ1n) is 7.98. The van der Waals surface area contributed by atoms with Crippen molar-refractivity contribution in [2.75, 3.05) is 20.2 Å². The third-order valence-electron chi connectivity index (χ3n) is 4.42. The van der Waals surface area contributed by atoms with Crippen molar-refractivity contribution in [2.45, 2.75) is 19.0 Å². The van der Waals surface area contributed by atoms with Crippen LogP contribution in [0.5, 0.6) is 0 Å². The molecule has 2 aromatic heterocycles. The first-order chi connectivity index (χ1) is 12.0. The van der Waals surface area contributed by atoms with Crippen molar-refractivity contribution in [1.82, 2.24) is 19.8 Å². The third kappa shape index (κ3) is 3.15. The second kappa shape index (κ2) is 6.84. The van der Waals surface area contributed by atoms with Crippen molar-refractivity contribution in [2.24, 2.45) is 0 Å². The Hall–Kier alpha value is -3.03. The van der Waals surface area contributed by atoms with Gasteiger partial charge in [0, 0.05) is 37.4 Å². The lowest BCUT2D eigenvalue weighted by molar-refractivity contribution is -0.148. The van der Waals surface area contributed by atoms with E-state index in [9.17, 15) is 14.4 Å². The molecule has 8 heteroatoms. The smallest absolute Gasteiger partial charge is 0.330 e. The van der Waals surface area contributed by atoms with Crippen LogP contribution in [0.3, 0.4) is 0 Å². The molecule has 2 atom stereocenters. The molecule has 8 nitrogen and oxygen atoms in total. The van der Waals surface area contributed by atoms with Crippen LogP contribution in [0.1, 0.15) is 27.6 Å². The van der Waals surface area contributed by atoms with E-state index in [1.54, 1.807) is 41.8 Å². The molecule has 1 fully saturated rings. The molecule has 0 saturated carbocycles. The first kappa shape index (κ1) is 16.8. The van der Waals surface area contributed by atoms with E-state index < -0.39 is 12.0 Å². The molecule has 25 heavy (non-hydrogen) atoms. The zero-order valence-electron chi connectivity index (χ0n) is 14.1. The predicted molar refractivity (Wildman–Crippen MR) is 88.9 cm³/mol. The Morgan fingerprint density at radius 2 is 1.56 bits per heavy atom. The first-order valence-corrected chi connectivity index (χ1v) is 7.98. The van der Waals surface area contributed by atoms with Crippen LogP contribution in [0.4, 0.5) is 0 Å². The molecule has 2 amide bonds. The minimum atomic E-state index is -0.841. The van der Waals surface area contributed by atoms with Crippen molar-refractivity contribution < 1.29 is 19.1 Å². The summed E-state index contributed by atoms with van der Waals surface area (Å²) in [5.41, 5.74) is 0.979. The number of piperazine rings is 1. The standard InChI is InChI=1S/C17H20N4O4/c1-11-9-21(16(23)13-4-6-19-8-13)14(17(24)25-2)10-20(11)15(22)12-3-5-18-7-12/h3-8,11,14,18-19H,9-10H2,1-2H3/t11-,14-/m0/s1. The van der Waals surface area contributed by atoms with Gasteiger partial charge in [-0.15, -0.1) is 0 Å². The molecule has 0 aliphatic carbocycles. The van der Waals surface area contributed by atoms with Crippen LogP contribution in [-0.4, -0.2) is 69.8 Å². The predicted octanol–water partition coefficient (Wildman–Crippen LogP) is 0.871. The van der Waals surface area contributed by atoms with E-state index in [1.165, 1.54) is 12.0 Å². The Bertz CT molecular complexity index is 754. The lowest BCUT2D eigenvalue weighted by Gasteiger charge is -2.43. The summed E-state index contributed by atoms with van der Waals surface area (Å²) in [6.07, 6.45) is 6.51. The Labute approximate surface area is 144 Å². The highest BCUT2D eigenvalue weighted by atomic mass is 16.5. The maximum absolute atomic E-state index is 12.7. The summed E-state index contributed by atoms with van der Waals surface area (Å²) in [4.78, 5) is 46.4. The summed E-state index contributed by atoms with van der Waals surface area (Å²) in [6, 6.07) is 2.26. The van der Waals surface area contributed by atoms with Crippen LogP contribution in [0.2, 0.25) is 0 Å². The molecule has 3 heterocycles.